The van der Waals surface area contributed by atoms with E-state index in [0.717, 1.165) is 18.5 Å². The number of aromatic nitrogens is 1. The predicted octanol–water partition coefficient (Wildman–Crippen LogP) is 2.02. The molecule has 0 saturated carbocycles. The first-order valence-electron chi connectivity index (χ1n) is 6.12. The molecule has 0 aliphatic heterocycles. The lowest BCUT2D eigenvalue weighted by Crippen LogP contribution is -2.39. The van der Waals surface area contributed by atoms with Crippen molar-refractivity contribution in [3.63, 3.8) is 0 Å². The summed E-state index contributed by atoms with van der Waals surface area (Å²) in [6.45, 7) is 0.447. The fraction of sp³-hybridized carbons (Fsp3) is 0.357. The minimum Gasteiger partial charge on any atom is -0.386 e. The van der Waals surface area contributed by atoms with Gasteiger partial charge in [0.1, 0.15) is 6.10 Å². The molecule has 0 amide bonds. The van der Waals surface area contributed by atoms with Gasteiger partial charge in [0.15, 0.2) is 0 Å². The maximum atomic E-state index is 10.7. The minimum absolute atomic E-state index is 0.370. The lowest BCUT2D eigenvalue weighted by molar-refractivity contribution is 0.0807. The lowest BCUT2D eigenvalue weighted by atomic mass is 9.75. The van der Waals surface area contributed by atoms with Gasteiger partial charge in [-0.2, -0.15) is 0 Å². The van der Waals surface area contributed by atoms with Gasteiger partial charge in [-0.05, 0) is 24.0 Å². The summed E-state index contributed by atoms with van der Waals surface area (Å²) < 4.78 is 0. The molecule has 2 aromatic rings. The molecule has 0 bridgehead atoms. The Balaban J connectivity index is 2.07. The molecule has 1 aliphatic rings. The van der Waals surface area contributed by atoms with Crippen LogP contribution in [0.25, 0.3) is 0 Å². The van der Waals surface area contributed by atoms with Gasteiger partial charge in [0, 0.05) is 17.3 Å². The number of rotatable bonds is 3. The van der Waals surface area contributed by atoms with Crippen molar-refractivity contribution in [2.45, 2.75) is 24.4 Å². The topological polar surface area (TPSA) is 59.1 Å². The second-order valence-electron chi connectivity index (χ2n) is 4.83. The van der Waals surface area contributed by atoms with Gasteiger partial charge in [-0.1, -0.05) is 24.3 Å². The van der Waals surface area contributed by atoms with Crippen LogP contribution in [0.5, 0.6) is 0 Å². The van der Waals surface area contributed by atoms with Crippen LogP contribution in [0.1, 0.15) is 29.3 Å². The Kier molecular flexibility index (Phi) is 2.93. The standard InChI is InChI=1S/C14H16N2OS/c15-8-14(13(17)12-7-18-9-16-12)6-5-10-3-1-2-4-11(10)14/h1-4,7,9,13,17H,5-6,8,15H2. The molecule has 94 valence electrons. The number of aryl methyl sites for hydroxylation is 1. The normalized spacial score (nSPS) is 23.9. The second kappa shape index (κ2) is 4.46. The van der Waals surface area contributed by atoms with E-state index in [0.29, 0.717) is 6.54 Å². The molecular weight excluding hydrogens is 244 g/mol. The molecular formula is C14H16N2OS. The number of aliphatic hydroxyl groups excluding tert-OH is 1. The molecule has 0 fully saturated rings. The van der Waals surface area contributed by atoms with Crippen LogP contribution in [0.15, 0.2) is 35.2 Å². The molecule has 18 heavy (non-hydrogen) atoms. The Hall–Kier alpha value is -1.23. The SMILES string of the molecule is NCC1(C(O)c2cscn2)CCc2ccccc21. The number of hydrogen-bond donors (Lipinski definition) is 2. The third kappa shape index (κ3) is 1.61. The number of nitrogens with two attached hydrogens (primary N) is 1. The predicted molar refractivity (Wildman–Crippen MR) is 72.6 cm³/mol. The monoisotopic (exact) mass is 260 g/mol. The van der Waals surface area contributed by atoms with Crippen LogP contribution >= 0.6 is 11.3 Å². The van der Waals surface area contributed by atoms with Crippen LogP contribution in [-0.2, 0) is 11.8 Å². The molecule has 3 rings (SSSR count). The quantitative estimate of drug-likeness (QED) is 0.887. The largest absolute Gasteiger partial charge is 0.386 e. The summed E-state index contributed by atoms with van der Waals surface area (Å²) in [5.74, 6) is 0. The van der Waals surface area contributed by atoms with Crippen molar-refractivity contribution < 1.29 is 5.11 Å². The summed E-state index contributed by atoms with van der Waals surface area (Å²) in [4.78, 5) is 4.24. The molecule has 1 aliphatic carbocycles. The van der Waals surface area contributed by atoms with Crippen LogP contribution in [0, 0.1) is 0 Å². The molecule has 0 radical (unpaired) electrons. The van der Waals surface area contributed by atoms with E-state index in [9.17, 15) is 5.11 Å². The van der Waals surface area contributed by atoms with E-state index in [2.05, 4.69) is 17.1 Å². The zero-order valence-corrected chi connectivity index (χ0v) is 10.9. The van der Waals surface area contributed by atoms with E-state index in [1.165, 1.54) is 22.5 Å². The molecule has 2 unspecified atom stereocenters. The number of fused-ring (bicyclic) bond motifs is 1. The Morgan fingerprint density at radius 2 is 2.28 bits per heavy atom. The maximum Gasteiger partial charge on any atom is 0.108 e. The average Bonchev–Trinajstić information content (AvgIpc) is 3.06. The second-order valence-corrected chi connectivity index (χ2v) is 5.55. The van der Waals surface area contributed by atoms with E-state index in [1.54, 1.807) is 5.51 Å². The van der Waals surface area contributed by atoms with Crippen LogP contribution in [0.3, 0.4) is 0 Å². The number of nitrogens with zero attached hydrogens (tertiary/aromatic N) is 1. The fourth-order valence-electron chi connectivity index (χ4n) is 2.96. The van der Waals surface area contributed by atoms with Crippen molar-refractivity contribution in [1.29, 1.82) is 0 Å². The van der Waals surface area contributed by atoms with Gasteiger partial charge in [-0.3, -0.25) is 0 Å². The third-order valence-corrected chi connectivity index (χ3v) is 4.62. The van der Waals surface area contributed by atoms with Gasteiger partial charge in [0.05, 0.1) is 11.2 Å². The van der Waals surface area contributed by atoms with Crippen LogP contribution in [0.2, 0.25) is 0 Å². The van der Waals surface area contributed by atoms with E-state index >= 15 is 0 Å². The molecule has 1 aromatic heterocycles. The van der Waals surface area contributed by atoms with Crippen molar-refractivity contribution in [2.24, 2.45) is 5.73 Å². The van der Waals surface area contributed by atoms with Crippen molar-refractivity contribution in [3.8, 4) is 0 Å². The van der Waals surface area contributed by atoms with Crippen molar-refractivity contribution in [3.05, 3.63) is 52.0 Å². The summed E-state index contributed by atoms with van der Waals surface area (Å²) in [6.07, 6.45) is 1.26. The molecule has 0 spiro atoms. The van der Waals surface area contributed by atoms with Crippen molar-refractivity contribution in [2.75, 3.05) is 6.54 Å². The van der Waals surface area contributed by atoms with Crippen molar-refractivity contribution in [1.82, 2.24) is 4.98 Å². The zero-order chi connectivity index (χ0) is 12.6. The molecule has 3 nitrogen and oxygen atoms in total. The van der Waals surface area contributed by atoms with Gasteiger partial charge >= 0.3 is 0 Å². The Labute approximate surface area is 110 Å². The van der Waals surface area contributed by atoms with E-state index in [-0.39, 0.29) is 5.41 Å². The fourth-order valence-corrected chi connectivity index (χ4v) is 3.54. The number of aliphatic hydroxyl groups is 1. The highest BCUT2D eigenvalue weighted by atomic mass is 32.1. The highest BCUT2D eigenvalue weighted by Gasteiger charge is 2.44. The first-order valence-corrected chi connectivity index (χ1v) is 7.07. The van der Waals surface area contributed by atoms with Gasteiger partial charge in [0.25, 0.3) is 0 Å². The van der Waals surface area contributed by atoms with Crippen molar-refractivity contribution >= 4 is 11.3 Å². The summed E-state index contributed by atoms with van der Waals surface area (Å²) in [6, 6.07) is 8.27. The first-order chi connectivity index (χ1) is 8.78. The maximum absolute atomic E-state index is 10.7. The highest BCUT2D eigenvalue weighted by molar-refractivity contribution is 7.07. The molecule has 3 N–H and O–H groups in total. The number of benzene rings is 1. The Bertz CT molecular complexity index is 540. The first kappa shape index (κ1) is 11.8. The molecule has 0 saturated heterocycles. The minimum atomic E-state index is -0.614. The smallest absolute Gasteiger partial charge is 0.108 e. The van der Waals surface area contributed by atoms with Crippen LogP contribution in [-0.4, -0.2) is 16.6 Å². The zero-order valence-electron chi connectivity index (χ0n) is 10.0. The van der Waals surface area contributed by atoms with E-state index < -0.39 is 6.10 Å². The Morgan fingerprint density at radius 1 is 1.44 bits per heavy atom. The van der Waals surface area contributed by atoms with Gasteiger partial charge in [0.2, 0.25) is 0 Å². The summed E-state index contributed by atoms with van der Waals surface area (Å²) in [5.41, 5.74) is 10.6. The van der Waals surface area contributed by atoms with Gasteiger partial charge < -0.3 is 10.8 Å². The van der Waals surface area contributed by atoms with Gasteiger partial charge in [-0.25, -0.2) is 4.98 Å². The summed E-state index contributed by atoms with van der Waals surface area (Å²) in [5, 5.41) is 12.6. The van der Waals surface area contributed by atoms with Crippen LogP contribution < -0.4 is 5.73 Å². The van der Waals surface area contributed by atoms with E-state index in [1.807, 2.05) is 17.5 Å². The molecule has 4 heteroatoms. The average molecular weight is 260 g/mol. The molecule has 1 heterocycles. The number of thiazole rings is 1. The van der Waals surface area contributed by atoms with E-state index in [4.69, 9.17) is 5.73 Å². The Morgan fingerprint density at radius 3 is 3.00 bits per heavy atom. The molecule has 2 atom stereocenters. The third-order valence-electron chi connectivity index (χ3n) is 4.01. The van der Waals surface area contributed by atoms with Crippen LogP contribution in [0.4, 0.5) is 0 Å². The molecule has 1 aromatic carbocycles. The highest BCUT2D eigenvalue weighted by Crippen LogP contribution is 2.46. The van der Waals surface area contributed by atoms with Gasteiger partial charge in [-0.15, -0.1) is 11.3 Å². The summed E-state index contributed by atoms with van der Waals surface area (Å²) in [7, 11) is 0. The lowest BCUT2D eigenvalue weighted by Gasteiger charge is -2.33. The number of hydrogen-bond acceptors (Lipinski definition) is 4. The summed E-state index contributed by atoms with van der Waals surface area (Å²) >= 11 is 1.51.